The largest absolute Gasteiger partial charge is 0.361 e. The number of benzene rings is 1. The summed E-state index contributed by atoms with van der Waals surface area (Å²) in [5.41, 5.74) is 11.7. The van der Waals surface area contributed by atoms with Crippen molar-refractivity contribution in [3.63, 3.8) is 0 Å². The molecule has 1 aromatic carbocycles. The van der Waals surface area contributed by atoms with E-state index in [1.165, 1.54) is 40.4 Å². The maximum absolute atomic E-state index is 6.56. The summed E-state index contributed by atoms with van der Waals surface area (Å²) in [6.07, 6.45) is 6.87. The van der Waals surface area contributed by atoms with Gasteiger partial charge in [-0.15, -0.1) is 0 Å². The second-order valence-corrected chi connectivity index (χ2v) is 5.55. The Bertz CT molecular complexity index is 560. The number of hydrogen-bond acceptors (Lipinski definition) is 1. The average Bonchev–Trinajstić information content (AvgIpc) is 2.87. The van der Waals surface area contributed by atoms with Gasteiger partial charge in [0.25, 0.3) is 0 Å². The Morgan fingerprint density at radius 1 is 1.12 bits per heavy atom. The minimum Gasteiger partial charge on any atom is -0.361 e. The van der Waals surface area contributed by atoms with Crippen molar-refractivity contribution in [2.45, 2.75) is 45.1 Å². The van der Waals surface area contributed by atoms with Crippen molar-refractivity contribution < 1.29 is 0 Å². The third-order valence-corrected chi connectivity index (χ3v) is 4.33. The van der Waals surface area contributed by atoms with E-state index >= 15 is 0 Å². The van der Waals surface area contributed by atoms with Gasteiger partial charge in [0.1, 0.15) is 0 Å². The van der Waals surface area contributed by atoms with E-state index in [0.29, 0.717) is 0 Å². The minimum absolute atomic E-state index is 0.0973. The molecule has 2 heteroatoms. The van der Waals surface area contributed by atoms with E-state index in [9.17, 15) is 0 Å². The van der Waals surface area contributed by atoms with Gasteiger partial charge < -0.3 is 10.7 Å². The summed E-state index contributed by atoms with van der Waals surface area (Å²) in [6, 6.07) is 4.51. The van der Waals surface area contributed by atoms with E-state index in [2.05, 4.69) is 37.2 Å². The van der Waals surface area contributed by atoms with Gasteiger partial charge in [0.2, 0.25) is 0 Å². The van der Waals surface area contributed by atoms with Crippen LogP contribution in [0, 0.1) is 13.8 Å². The standard InChI is InChI=1S/C15H20N2/c1-10-7-12-13(15(16)5-3-4-6-15)9-17-14(12)8-11(10)2/h7-9,17H,3-6,16H2,1-2H3. The highest BCUT2D eigenvalue weighted by Gasteiger charge is 2.33. The van der Waals surface area contributed by atoms with Crippen molar-refractivity contribution in [3.05, 3.63) is 35.0 Å². The van der Waals surface area contributed by atoms with Gasteiger partial charge in [0, 0.05) is 22.6 Å². The molecule has 1 aliphatic rings. The smallest absolute Gasteiger partial charge is 0.0460 e. The Labute approximate surface area is 102 Å². The maximum atomic E-state index is 6.56. The van der Waals surface area contributed by atoms with Gasteiger partial charge in [-0.25, -0.2) is 0 Å². The predicted octanol–water partition coefficient (Wildman–Crippen LogP) is 3.51. The van der Waals surface area contributed by atoms with Crippen LogP contribution in [0.3, 0.4) is 0 Å². The molecule has 0 unspecified atom stereocenters. The second-order valence-electron chi connectivity index (χ2n) is 5.55. The molecular weight excluding hydrogens is 208 g/mol. The van der Waals surface area contributed by atoms with Gasteiger partial charge in [-0.05, 0) is 55.5 Å². The van der Waals surface area contributed by atoms with Gasteiger partial charge in [-0.2, -0.15) is 0 Å². The molecule has 1 heterocycles. The molecule has 3 rings (SSSR count). The third kappa shape index (κ3) is 1.59. The monoisotopic (exact) mass is 228 g/mol. The Morgan fingerprint density at radius 2 is 1.76 bits per heavy atom. The van der Waals surface area contributed by atoms with Gasteiger partial charge in [-0.3, -0.25) is 0 Å². The summed E-state index contributed by atoms with van der Waals surface area (Å²) in [6.45, 7) is 4.33. The van der Waals surface area contributed by atoms with Crippen LogP contribution in [0.4, 0.5) is 0 Å². The Hall–Kier alpha value is -1.28. The molecule has 0 aliphatic heterocycles. The fourth-order valence-corrected chi connectivity index (χ4v) is 3.07. The first-order valence-electron chi connectivity index (χ1n) is 6.48. The zero-order chi connectivity index (χ0) is 12.0. The van der Waals surface area contributed by atoms with E-state index < -0.39 is 0 Å². The Balaban J connectivity index is 2.21. The fraction of sp³-hybridized carbons (Fsp3) is 0.467. The predicted molar refractivity (Wildman–Crippen MR) is 72.1 cm³/mol. The number of rotatable bonds is 1. The lowest BCUT2D eigenvalue weighted by Crippen LogP contribution is -2.32. The van der Waals surface area contributed by atoms with E-state index in [1.54, 1.807) is 0 Å². The number of aromatic amines is 1. The highest BCUT2D eigenvalue weighted by Crippen LogP contribution is 2.39. The summed E-state index contributed by atoms with van der Waals surface area (Å²) in [5.74, 6) is 0. The molecule has 2 aromatic rings. The topological polar surface area (TPSA) is 41.8 Å². The lowest BCUT2D eigenvalue weighted by Gasteiger charge is -2.23. The molecule has 1 aliphatic carbocycles. The molecule has 90 valence electrons. The SMILES string of the molecule is Cc1cc2[nH]cc(C3(N)CCCC3)c2cc1C. The van der Waals surface area contributed by atoms with Crippen molar-refractivity contribution in [3.8, 4) is 0 Å². The van der Waals surface area contributed by atoms with Crippen LogP contribution in [0.25, 0.3) is 10.9 Å². The van der Waals surface area contributed by atoms with Crippen molar-refractivity contribution in [2.24, 2.45) is 5.73 Å². The van der Waals surface area contributed by atoms with E-state index in [0.717, 1.165) is 12.8 Å². The van der Waals surface area contributed by atoms with Crippen molar-refractivity contribution in [1.29, 1.82) is 0 Å². The summed E-state index contributed by atoms with van der Waals surface area (Å²) >= 11 is 0. The fourth-order valence-electron chi connectivity index (χ4n) is 3.07. The number of aromatic nitrogens is 1. The maximum Gasteiger partial charge on any atom is 0.0460 e. The molecule has 0 radical (unpaired) electrons. The van der Waals surface area contributed by atoms with Crippen molar-refractivity contribution in [2.75, 3.05) is 0 Å². The van der Waals surface area contributed by atoms with Gasteiger partial charge in [0.05, 0.1) is 0 Å². The molecule has 17 heavy (non-hydrogen) atoms. The molecule has 1 aromatic heterocycles. The molecule has 1 fully saturated rings. The first-order chi connectivity index (χ1) is 8.10. The van der Waals surface area contributed by atoms with Crippen LogP contribution < -0.4 is 5.73 Å². The van der Waals surface area contributed by atoms with E-state index in [-0.39, 0.29) is 5.54 Å². The number of aryl methyl sites for hydroxylation is 2. The molecule has 0 atom stereocenters. The molecule has 0 amide bonds. The second kappa shape index (κ2) is 3.61. The van der Waals surface area contributed by atoms with Crippen LogP contribution in [-0.2, 0) is 5.54 Å². The minimum atomic E-state index is -0.0973. The molecule has 0 spiro atoms. The van der Waals surface area contributed by atoms with Crippen LogP contribution in [0.1, 0.15) is 42.4 Å². The normalized spacial score (nSPS) is 19.0. The van der Waals surface area contributed by atoms with Crippen molar-refractivity contribution >= 4 is 10.9 Å². The van der Waals surface area contributed by atoms with Crippen molar-refractivity contribution in [1.82, 2.24) is 4.98 Å². The average molecular weight is 228 g/mol. The van der Waals surface area contributed by atoms with E-state index in [1.807, 2.05) is 0 Å². The Morgan fingerprint density at radius 3 is 2.47 bits per heavy atom. The number of H-pyrrole nitrogens is 1. The summed E-state index contributed by atoms with van der Waals surface area (Å²) in [7, 11) is 0. The molecule has 3 N–H and O–H groups in total. The lowest BCUT2D eigenvalue weighted by molar-refractivity contribution is 0.466. The third-order valence-electron chi connectivity index (χ3n) is 4.33. The lowest BCUT2D eigenvalue weighted by atomic mass is 9.88. The number of fused-ring (bicyclic) bond motifs is 1. The van der Waals surface area contributed by atoms with Crippen LogP contribution in [0.15, 0.2) is 18.3 Å². The molecule has 2 nitrogen and oxygen atoms in total. The van der Waals surface area contributed by atoms with Gasteiger partial charge >= 0.3 is 0 Å². The quantitative estimate of drug-likeness (QED) is 0.770. The van der Waals surface area contributed by atoms with Gasteiger partial charge in [0.15, 0.2) is 0 Å². The zero-order valence-electron chi connectivity index (χ0n) is 10.6. The summed E-state index contributed by atoms with van der Waals surface area (Å²) in [4.78, 5) is 3.38. The van der Waals surface area contributed by atoms with Crippen LogP contribution in [-0.4, -0.2) is 4.98 Å². The van der Waals surface area contributed by atoms with Gasteiger partial charge in [-0.1, -0.05) is 12.8 Å². The molecule has 1 saturated carbocycles. The first-order valence-corrected chi connectivity index (χ1v) is 6.48. The van der Waals surface area contributed by atoms with Crippen LogP contribution in [0.2, 0.25) is 0 Å². The molecule has 0 bridgehead atoms. The first kappa shape index (κ1) is 10.8. The van der Waals surface area contributed by atoms with Crippen LogP contribution >= 0.6 is 0 Å². The van der Waals surface area contributed by atoms with Crippen LogP contribution in [0.5, 0.6) is 0 Å². The Kier molecular flexibility index (Phi) is 2.30. The molecular formula is C15H20N2. The number of hydrogen-bond donors (Lipinski definition) is 2. The number of nitrogens with one attached hydrogen (secondary N) is 1. The highest BCUT2D eigenvalue weighted by atomic mass is 14.8. The van der Waals surface area contributed by atoms with E-state index in [4.69, 9.17) is 5.73 Å². The summed E-state index contributed by atoms with van der Waals surface area (Å²) in [5, 5.41) is 1.32. The summed E-state index contributed by atoms with van der Waals surface area (Å²) < 4.78 is 0. The zero-order valence-corrected chi connectivity index (χ0v) is 10.6. The number of nitrogens with two attached hydrogens (primary N) is 1. The highest BCUT2D eigenvalue weighted by molar-refractivity contribution is 5.85. The molecule has 0 saturated heterocycles.